The van der Waals surface area contributed by atoms with E-state index in [9.17, 15) is 10.1 Å². The number of aromatic nitrogens is 2. The molecule has 1 aliphatic heterocycles. The summed E-state index contributed by atoms with van der Waals surface area (Å²) in [7, 11) is -1.19. The van der Waals surface area contributed by atoms with E-state index in [0.717, 1.165) is 31.4 Å². The van der Waals surface area contributed by atoms with Gasteiger partial charge in [0.25, 0.3) is 0 Å². The third kappa shape index (κ3) is 3.66. The molecule has 0 spiro atoms. The van der Waals surface area contributed by atoms with E-state index in [2.05, 4.69) is 10.2 Å². The maximum Gasteiger partial charge on any atom is 0.511 e. The summed E-state index contributed by atoms with van der Waals surface area (Å²) >= 11 is 0. The Labute approximate surface area is 126 Å². The lowest BCUT2D eigenvalue weighted by atomic mass is 9.77. The largest absolute Gasteiger partial charge is 0.511 e. The highest BCUT2D eigenvalue weighted by atomic mass is 16.5. The number of hydrogen-bond acceptors (Lipinski definition) is 5. The zero-order valence-corrected chi connectivity index (χ0v) is 13.2. The minimum atomic E-state index is -1.19. The molecule has 1 unspecified atom stereocenters. The van der Waals surface area contributed by atoms with E-state index < -0.39 is 18.3 Å². The van der Waals surface area contributed by atoms with Gasteiger partial charge in [0.15, 0.2) is 0 Å². The van der Waals surface area contributed by atoms with Crippen LogP contribution < -0.4 is 5.59 Å². The molecular formula is C14H25BN2O4. The fourth-order valence-corrected chi connectivity index (χ4v) is 2.23. The molecule has 0 aromatic carbocycles. The first-order chi connectivity index (χ1) is 9.72. The maximum absolute atomic E-state index is 10.4. The number of ether oxygens (including phenoxy) is 1. The number of nitrogens with zero attached hydrogens (tertiary/aromatic N) is 1. The lowest BCUT2D eigenvalue weighted by Crippen LogP contribution is -2.54. The third-order valence-electron chi connectivity index (χ3n) is 4.35. The van der Waals surface area contributed by atoms with Crippen molar-refractivity contribution in [1.82, 2.24) is 10.2 Å². The Morgan fingerprint density at radius 3 is 2.67 bits per heavy atom. The highest BCUT2D eigenvalue weighted by molar-refractivity contribution is 6.59. The van der Waals surface area contributed by atoms with E-state index >= 15 is 0 Å². The van der Waals surface area contributed by atoms with Gasteiger partial charge in [0, 0.05) is 12.2 Å². The monoisotopic (exact) mass is 296 g/mol. The van der Waals surface area contributed by atoms with E-state index in [1.807, 2.05) is 0 Å². The van der Waals surface area contributed by atoms with E-state index in [-0.39, 0.29) is 6.10 Å². The molecule has 1 aromatic rings. The van der Waals surface area contributed by atoms with Gasteiger partial charge >= 0.3 is 7.12 Å². The predicted octanol–water partition coefficient (Wildman–Crippen LogP) is 0.905. The van der Waals surface area contributed by atoms with Crippen LogP contribution in [0, 0.1) is 0 Å². The Hall–Kier alpha value is -0.885. The second kappa shape index (κ2) is 6.08. The molecule has 1 saturated heterocycles. The van der Waals surface area contributed by atoms with Crippen LogP contribution >= 0.6 is 0 Å². The van der Waals surface area contributed by atoms with Crippen LogP contribution in [-0.2, 0) is 9.39 Å². The zero-order valence-electron chi connectivity index (χ0n) is 13.2. The molecule has 1 fully saturated rings. The number of nitrogens with one attached hydrogen (secondary N) is 1. The molecule has 118 valence electrons. The standard InChI is InChI=1S/C14H25BN2O4/c1-13(2,18)14(3,4)21-15(19)12-10(9-16-17-12)11-7-5-6-8-20-11/h9,11,18-19H,5-8H2,1-4H3,(H,16,17). The minimum Gasteiger partial charge on any atom is -0.422 e. The van der Waals surface area contributed by atoms with Gasteiger partial charge in [0.05, 0.1) is 29.1 Å². The van der Waals surface area contributed by atoms with Gasteiger partial charge in [-0.1, -0.05) is 0 Å². The van der Waals surface area contributed by atoms with Gasteiger partial charge < -0.3 is 19.5 Å². The van der Waals surface area contributed by atoms with Gasteiger partial charge in [-0.25, -0.2) is 0 Å². The van der Waals surface area contributed by atoms with E-state index in [1.54, 1.807) is 33.9 Å². The molecule has 2 heterocycles. The van der Waals surface area contributed by atoms with Gasteiger partial charge in [-0.15, -0.1) is 0 Å². The van der Waals surface area contributed by atoms with Crippen LogP contribution in [0.5, 0.6) is 0 Å². The Bertz CT molecular complexity index is 464. The third-order valence-corrected chi connectivity index (χ3v) is 4.35. The van der Waals surface area contributed by atoms with Crippen LogP contribution in [0.15, 0.2) is 6.20 Å². The number of aliphatic hydroxyl groups is 1. The molecule has 1 aromatic heterocycles. The Morgan fingerprint density at radius 1 is 1.38 bits per heavy atom. The van der Waals surface area contributed by atoms with Crippen LogP contribution in [0.2, 0.25) is 0 Å². The lowest BCUT2D eigenvalue weighted by Gasteiger charge is -2.38. The number of H-pyrrole nitrogens is 1. The van der Waals surface area contributed by atoms with Crippen molar-refractivity contribution in [2.45, 2.75) is 64.3 Å². The minimum absolute atomic E-state index is 0.0593. The summed E-state index contributed by atoms with van der Waals surface area (Å²) in [4.78, 5) is 0. The normalized spacial score (nSPS) is 20.6. The van der Waals surface area contributed by atoms with Crippen molar-refractivity contribution in [3.05, 3.63) is 11.8 Å². The molecule has 6 nitrogen and oxygen atoms in total. The van der Waals surface area contributed by atoms with Crippen molar-refractivity contribution in [1.29, 1.82) is 0 Å². The molecule has 3 N–H and O–H groups in total. The first kappa shape index (κ1) is 16.5. The van der Waals surface area contributed by atoms with Gasteiger partial charge in [-0.05, 0) is 47.0 Å². The second-order valence-electron chi connectivity index (χ2n) is 6.63. The van der Waals surface area contributed by atoms with Crippen molar-refractivity contribution in [2.24, 2.45) is 0 Å². The fourth-order valence-electron chi connectivity index (χ4n) is 2.23. The topological polar surface area (TPSA) is 87.6 Å². The average Bonchev–Trinajstić information content (AvgIpc) is 2.87. The molecule has 0 radical (unpaired) electrons. The van der Waals surface area contributed by atoms with Crippen LogP contribution in [0.3, 0.4) is 0 Å². The summed E-state index contributed by atoms with van der Waals surface area (Å²) in [5.41, 5.74) is -0.675. The van der Waals surface area contributed by atoms with Crippen molar-refractivity contribution in [2.75, 3.05) is 6.61 Å². The van der Waals surface area contributed by atoms with Crippen molar-refractivity contribution in [3.63, 3.8) is 0 Å². The average molecular weight is 296 g/mol. The van der Waals surface area contributed by atoms with Gasteiger partial charge in [0.2, 0.25) is 0 Å². The SMILES string of the molecule is CC(C)(O)C(C)(C)OB(O)c1[nH]ncc1C1CCCCO1. The van der Waals surface area contributed by atoms with Crippen LogP contribution in [0.1, 0.15) is 58.6 Å². The maximum atomic E-state index is 10.4. The molecule has 0 aliphatic carbocycles. The Morgan fingerprint density at radius 2 is 2.10 bits per heavy atom. The molecule has 21 heavy (non-hydrogen) atoms. The Balaban J connectivity index is 2.13. The van der Waals surface area contributed by atoms with E-state index in [1.165, 1.54) is 0 Å². The molecule has 1 aliphatic rings. The molecule has 0 amide bonds. The lowest BCUT2D eigenvalue weighted by molar-refractivity contribution is -0.0984. The van der Waals surface area contributed by atoms with Crippen LogP contribution in [0.25, 0.3) is 0 Å². The number of rotatable bonds is 5. The fraction of sp³-hybridized carbons (Fsp3) is 0.786. The molecule has 0 bridgehead atoms. The van der Waals surface area contributed by atoms with Crippen LogP contribution in [0.4, 0.5) is 0 Å². The summed E-state index contributed by atoms with van der Waals surface area (Å²) < 4.78 is 11.4. The van der Waals surface area contributed by atoms with Gasteiger partial charge in [0.1, 0.15) is 0 Å². The van der Waals surface area contributed by atoms with Gasteiger partial charge in [-0.3, -0.25) is 5.10 Å². The molecule has 7 heteroatoms. The second-order valence-corrected chi connectivity index (χ2v) is 6.63. The van der Waals surface area contributed by atoms with E-state index in [0.29, 0.717) is 5.59 Å². The predicted molar refractivity (Wildman–Crippen MR) is 80.2 cm³/mol. The summed E-state index contributed by atoms with van der Waals surface area (Å²) in [6.07, 6.45) is 4.69. The Kier molecular flexibility index (Phi) is 4.77. The van der Waals surface area contributed by atoms with Crippen molar-refractivity contribution < 1.29 is 19.5 Å². The highest BCUT2D eigenvalue weighted by Gasteiger charge is 2.41. The zero-order chi connectivity index (χ0) is 15.7. The smallest absolute Gasteiger partial charge is 0.422 e. The van der Waals surface area contributed by atoms with Crippen molar-refractivity contribution >= 4 is 12.7 Å². The molecule has 1 atom stereocenters. The van der Waals surface area contributed by atoms with E-state index in [4.69, 9.17) is 9.39 Å². The summed E-state index contributed by atoms with van der Waals surface area (Å²) in [6.45, 7) is 7.50. The summed E-state index contributed by atoms with van der Waals surface area (Å²) in [6, 6.07) is 0. The quantitative estimate of drug-likeness (QED) is 0.703. The highest BCUT2D eigenvalue weighted by Crippen LogP contribution is 2.28. The van der Waals surface area contributed by atoms with Gasteiger partial charge in [-0.2, -0.15) is 5.10 Å². The first-order valence-corrected chi connectivity index (χ1v) is 7.45. The first-order valence-electron chi connectivity index (χ1n) is 7.45. The summed E-state index contributed by atoms with van der Waals surface area (Å²) in [5, 5.41) is 27.3. The van der Waals surface area contributed by atoms with Crippen LogP contribution in [-0.4, -0.2) is 45.3 Å². The molecule has 0 saturated carbocycles. The van der Waals surface area contributed by atoms with Crippen molar-refractivity contribution in [3.8, 4) is 0 Å². The number of aromatic amines is 1. The summed E-state index contributed by atoms with van der Waals surface area (Å²) in [5.74, 6) is 0. The number of hydrogen-bond donors (Lipinski definition) is 3. The molecular weight excluding hydrogens is 271 g/mol. The molecule has 2 rings (SSSR count).